The Morgan fingerprint density at radius 2 is 1.96 bits per heavy atom. The minimum Gasteiger partial charge on any atom is -0.361 e. The van der Waals surface area contributed by atoms with E-state index < -0.39 is 12.1 Å². The van der Waals surface area contributed by atoms with Gasteiger partial charge in [0.05, 0.1) is 24.1 Å². The predicted octanol–water partition coefficient (Wildman–Crippen LogP) is 2.20. The first-order valence-corrected chi connectivity index (χ1v) is 8.65. The SMILES string of the molecule is Cc1noc(C)c1Cn1cc(N2C(=O)NC(Cc3ccccc3)C2=O)cn1. The fourth-order valence-corrected chi connectivity index (χ4v) is 3.21. The molecule has 0 spiro atoms. The maximum absolute atomic E-state index is 12.7. The van der Waals surface area contributed by atoms with E-state index >= 15 is 0 Å². The van der Waals surface area contributed by atoms with Crippen LogP contribution in [-0.4, -0.2) is 32.9 Å². The number of benzene rings is 1. The van der Waals surface area contributed by atoms with Crippen molar-refractivity contribution in [2.45, 2.75) is 32.9 Å². The molecule has 27 heavy (non-hydrogen) atoms. The van der Waals surface area contributed by atoms with Crippen molar-refractivity contribution in [3.05, 3.63) is 65.3 Å². The zero-order chi connectivity index (χ0) is 19.0. The summed E-state index contributed by atoms with van der Waals surface area (Å²) in [6.45, 7) is 4.16. The van der Waals surface area contributed by atoms with Gasteiger partial charge in [-0.05, 0) is 19.4 Å². The van der Waals surface area contributed by atoms with Crippen molar-refractivity contribution in [1.29, 1.82) is 0 Å². The second-order valence-corrected chi connectivity index (χ2v) is 6.56. The molecule has 138 valence electrons. The lowest BCUT2D eigenvalue weighted by molar-refractivity contribution is -0.118. The summed E-state index contributed by atoms with van der Waals surface area (Å²) in [7, 11) is 0. The zero-order valence-corrected chi connectivity index (χ0v) is 15.0. The molecule has 8 heteroatoms. The van der Waals surface area contributed by atoms with E-state index in [9.17, 15) is 9.59 Å². The van der Waals surface area contributed by atoms with E-state index in [0.717, 1.165) is 27.5 Å². The first-order valence-electron chi connectivity index (χ1n) is 8.65. The van der Waals surface area contributed by atoms with E-state index in [1.807, 2.05) is 44.2 Å². The van der Waals surface area contributed by atoms with Gasteiger partial charge in [0.15, 0.2) is 0 Å². The van der Waals surface area contributed by atoms with Crippen LogP contribution in [0.5, 0.6) is 0 Å². The van der Waals surface area contributed by atoms with Gasteiger partial charge in [0.1, 0.15) is 11.8 Å². The quantitative estimate of drug-likeness (QED) is 0.700. The van der Waals surface area contributed by atoms with Crippen molar-refractivity contribution in [3.8, 4) is 0 Å². The Labute approximate surface area is 155 Å². The van der Waals surface area contributed by atoms with Crippen LogP contribution < -0.4 is 10.2 Å². The Kier molecular flexibility index (Phi) is 4.23. The van der Waals surface area contributed by atoms with E-state index in [1.54, 1.807) is 10.9 Å². The van der Waals surface area contributed by atoms with Crippen LogP contribution in [0.2, 0.25) is 0 Å². The third kappa shape index (κ3) is 3.21. The third-order valence-electron chi connectivity index (χ3n) is 4.68. The van der Waals surface area contributed by atoms with Crippen LogP contribution in [0.4, 0.5) is 10.5 Å². The molecule has 3 heterocycles. The van der Waals surface area contributed by atoms with Gasteiger partial charge in [-0.2, -0.15) is 5.10 Å². The molecule has 2 aromatic heterocycles. The molecule has 0 aliphatic carbocycles. The number of amides is 3. The number of hydrogen-bond donors (Lipinski definition) is 1. The van der Waals surface area contributed by atoms with E-state index in [4.69, 9.17) is 4.52 Å². The number of carbonyl (C=O) groups is 2. The Balaban J connectivity index is 1.51. The minimum absolute atomic E-state index is 0.277. The second-order valence-electron chi connectivity index (χ2n) is 6.56. The molecular formula is C19H19N5O3. The maximum atomic E-state index is 12.7. The van der Waals surface area contributed by atoms with Crippen LogP contribution in [0, 0.1) is 13.8 Å². The number of hydrogen-bond acceptors (Lipinski definition) is 5. The van der Waals surface area contributed by atoms with Gasteiger partial charge in [0.2, 0.25) is 0 Å². The number of rotatable bonds is 5. The number of nitrogens with zero attached hydrogens (tertiary/aromatic N) is 4. The normalized spacial score (nSPS) is 16.8. The maximum Gasteiger partial charge on any atom is 0.329 e. The van der Waals surface area contributed by atoms with Gasteiger partial charge < -0.3 is 9.84 Å². The van der Waals surface area contributed by atoms with Crippen LogP contribution in [0.15, 0.2) is 47.2 Å². The highest BCUT2D eigenvalue weighted by Gasteiger charge is 2.39. The summed E-state index contributed by atoms with van der Waals surface area (Å²) in [6.07, 6.45) is 3.64. The molecule has 1 unspecified atom stereocenters. The average molecular weight is 365 g/mol. The van der Waals surface area contributed by atoms with E-state index in [-0.39, 0.29) is 5.91 Å². The van der Waals surface area contributed by atoms with Crippen molar-refractivity contribution in [2.24, 2.45) is 0 Å². The lowest BCUT2D eigenvalue weighted by Gasteiger charge is -2.10. The first kappa shape index (κ1) is 17.0. The number of urea groups is 1. The monoisotopic (exact) mass is 365 g/mol. The van der Waals surface area contributed by atoms with Crippen LogP contribution in [0.1, 0.15) is 22.6 Å². The van der Waals surface area contributed by atoms with Gasteiger partial charge in [0, 0.05) is 18.2 Å². The van der Waals surface area contributed by atoms with Crippen molar-refractivity contribution in [3.63, 3.8) is 0 Å². The van der Waals surface area contributed by atoms with E-state index in [0.29, 0.717) is 18.7 Å². The molecule has 4 rings (SSSR count). The molecule has 1 atom stereocenters. The molecule has 3 amide bonds. The lowest BCUT2D eigenvalue weighted by Crippen LogP contribution is -2.32. The summed E-state index contributed by atoms with van der Waals surface area (Å²) >= 11 is 0. The number of anilines is 1. The first-order chi connectivity index (χ1) is 13.0. The number of imide groups is 1. The molecule has 0 saturated carbocycles. The summed E-state index contributed by atoms with van der Waals surface area (Å²) in [4.78, 5) is 26.2. The highest BCUT2D eigenvalue weighted by molar-refractivity contribution is 6.21. The molecule has 0 bridgehead atoms. The largest absolute Gasteiger partial charge is 0.361 e. The van der Waals surface area contributed by atoms with Crippen molar-refractivity contribution in [1.82, 2.24) is 20.3 Å². The summed E-state index contributed by atoms with van der Waals surface area (Å²) in [5.74, 6) is 0.447. The molecule has 1 fully saturated rings. The number of aryl methyl sites for hydroxylation is 2. The van der Waals surface area contributed by atoms with Gasteiger partial charge in [0.25, 0.3) is 5.91 Å². The third-order valence-corrected chi connectivity index (χ3v) is 4.68. The summed E-state index contributed by atoms with van der Waals surface area (Å²) in [6, 6.07) is 8.59. The van der Waals surface area contributed by atoms with Crippen molar-refractivity contribution >= 4 is 17.6 Å². The van der Waals surface area contributed by atoms with Crippen LogP contribution in [0.25, 0.3) is 0 Å². The Morgan fingerprint density at radius 1 is 1.19 bits per heavy atom. The molecule has 0 radical (unpaired) electrons. The number of carbonyl (C=O) groups excluding carboxylic acids is 2. The number of nitrogens with one attached hydrogen (secondary N) is 1. The second kappa shape index (κ2) is 6.71. The van der Waals surface area contributed by atoms with Gasteiger partial charge >= 0.3 is 6.03 Å². The smallest absolute Gasteiger partial charge is 0.329 e. The molecule has 1 N–H and O–H groups in total. The minimum atomic E-state index is -0.578. The lowest BCUT2D eigenvalue weighted by atomic mass is 10.1. The van der Waals surface area contributed by atoms with Gasteiger partial charge in [-0.25, -0.2) is 9.69 Å². The van der Waals surface area contributed by atoms with E-state index in [1.165, 1.54) is 6.20 Å². The van der Waals surface area contributed by atoms with Crippen LogP contribution in [-0.2, 0) is 17.8 Å². The van der Waals surface area contributed by atoms with E-state index in [2.05, 4.69) is 15.6 Å². The molecule has 1 aromatic carbocycles. The zero-order valence-electron chi connectivity index (χ0n) is 15.0. The van der Waals surface area contributed by atoms with Crippen LogP contribution >= 0.6 is 0 Å². The van der Waals surface area contributed by atoms with Gasteiger partial charge in [-0.3, -0.25) is 9.48 Å². The topological polar surface area (TPSA) is 93.3 Å². The van der Waals surface area contributed by atoms with Gasteiger partial charge in [-0.1, -0.05) is 35.5 Å². The Bertz CT molecular complexity index is 972. The standard InChI is InChI=1S/C19H19N5O3/c1-12-16(13(2)27-22-12)11-23-10-15(9-20-23)24-18(25)17(21-19(24)26)8-14-6-4-3-5-7-14/h3-7,9-10,17H,8,11H2,1-2H3,(H,21,26). The van der Waals surface area contributed by atoms with Crippen molar-refractivity contribution in [2.75, 3.05) is 4.90 Å². The number of aromatic nitrogens is 3. The molecule has 1 aliphatic heterocycles. The van der Waals surface area contributed by atoms with Gasteiger partial charge in [-0.15, -0.1) is 0 Å². The molecule has 1 saturated heterocycles. The molecule has 1 aliphatic rings. The fourth-order valence-electron chi connectivity index (χ4n) is 3.21. The fraction of sp³-hybridized carbons (Fsp3) is 0.263. The summed E-state index contributed by atoms with van der Waals surface area (Å²) in [5.41, 5.74) is 3.16. The molecule has 8 nitrogen and oxygen atoms in total. The van der Waals surface area contributed by atoms with Crippen molar-refractivity contribution < 1.29 is 14.1 Å². The highest BCUT2D eigenvalue weighted by Crippen LogP contribution is 2.22. The summed E-state index contributed by atoms with van der Waals surface area (Å²) in [5, 5.41) is 10.9. The Hall–Kier alpha value is -3.42. The molecular weight excluding hydrogens is 346 g/mol. The summed E-state index contributed by atoms with van der Waals surface area (Å²) < 4.78 is 6.82. The molecule has 3 aromatic rings. The highest BCUT2D eigenvalue weighted by atomic mass is 16.5. The van der Waals surface area contributed by atoms with Crippen LogP contribution in [0.3, 0.4) is 0 Å². The average Bonchev–Trinajstić information content (AvgIpc) is 3.31. The predicted molar refractivity (Wildman–Crippen MR) is 97.3 cm³/mol. The Morgan fingerprint density at radius 3 is 2.67 bits per heavy atom.